The van der Waals surface area contributed by atoms with Crippen molar-refractivity contribution < 1.29 is 13.3 Å². The lowest BCUT2D eigenvalue weighted by Crippen LogP contribution is -2.19. The highest BCUT2D eigenvalue weighted by atomic mass is 32.2. The molecule has 0 amide bonds. The Morgan fingerprint density at radius 1 is 0.829 bits per heavy atom. The first-order valence-corrected chi connectivity index (χ1v) is 12.0. The number of nitro groups is 1. The van der Waals surface area contributed by atoms with Crippen molar-refractivity contribution in [3.63, 3.8) is 0 Å². The van der Waals surface area contributed by atoms with Gasteiger partial charge >= 0.3 is 0 Å². The predicted octanol–water partition coefficient (Wildman–Crippen LogP) is 4.66. The number of para-hydroxylation sites is 1. The van der Waals surface area contributed by atoms with E-state index in [0.717, 1.165) is 0 Å². The first-order chi connectivity index (χ1) is 16.8. The van der Waals surface area contributed by atoms with Crippen LogP contribution in [0.25, 0.3) is 11.1 Å². The number of thiocarbonyl (C=S) groups is 1. The van der Waals surface area contributed by atoms with Crippen molar-refractivity contribution in [2.75, 3.05) is 15.4 Å². The predicted molar refractivity (Wildman–Crippen MR) is 138 cm³/mol. The van der Waals surface area contributed by atoms with Gasteiger partial charge in [0, 0.05) is 29.8 Å². The second kappa shape index (κ2) is 10.2. The first kappa shape index (κ1) is 23.7. The summed E-state index contributed by atoms with van der Waals surface area (Å²) >= 11 is 5.33. The summed E-state index contributed by atoms with van der Waals surface area (Å²) in [6, 6.07) is 21.1. The lowest BCUT2D eigenvalue weighted by molar-refractivity contribution is -0.384. The summed E-state index contributed by atoms with van der Waals surface area (Å²) in [6.45, 7) is 0. The van der Waals surface area contributed by atoms with E-state index in [-0.39, 0.29) is 21.6 Å². The van der Waals surface area contributed by atoms with Crippen molar-refractivity contribution in [3.05, 3.63) is 101 Å². The number of nitro benzene ring substituents is 1. The summed E-state index contributed by atoms with van der Waals surface area (Å²) in [5, 5.41) is 17.6. The number of hydrogen-bond donors (Lipinski definition) is 3. The molecule has 0 fully saturated rings. The Kier molecular flexibility index (Phi) is 6.94. The standard InChI is InChI=1S/C23H18N6O4S2/c30-29(31)21-5-2-1-4-20(21)16-6-8-17(9-7-16)26-23(34)27-18-10-12-19(13-11-18)35(32,33)28-22-24-14-3-15-25-22/h1-15H,(H,24,25,28)(H2,26,27,34). The number of hydrogen-bond acceptors (Lipinski definition) is 7. The molecule has 0 spiro atoms. The molecule has 3 aromatic carbocycles. The molecule has 0 atom stereocenters. The molecule has 1 heterocycles. The number of benzene rings is 3. The van der Waals surface area contributed by atoms with Gasteiger partial charge < -0.3 is 10.6 Å². The molecule has 0 aliphatic rings. The minimum absolute atomic E-state index is 0.0204. The fraction of sp³-hybridized carbons (Fsp3) is 0. The van der Waals surface area contributed by atoms with Gasteiger partial charge in [-0.1, -0.05) is 24.3 Å². The van der Waals surface area contributed by atoms with Gasteiger partial charge in [0.1, 0.15) is 0 Å². The Morgan fingerprint density at radius 3 is 2.00 bits per heavy atom. The molecular weight excluding hydrogens is 488 g/mol. The van der Waals surface area contributed by atoms with Crippen LogP contribution in [0.1, 0.15) is 0 Å². The summed E-state index contributed by atoms with van der Waals surface area (Å²) < 4.78 is 27.3. The summed E-state index contributed by atoms with van der Waals surface area (Å²) in [4.78, 5) is 18.6. The van der Waals surface area contributed by atoms with E-state index in [1.54, 1.807) is 60.7 Å². The van der Waals surface area contributed by atoms with Crippen molar-refractivity contribution >= 4 is 50.4 Å². The van der Waals surface area contributed by atoms with E-state index in [1.807, 2.05) is 0 Å². The van der Waals surface area contributed by atoms with Crippen molar-refractivity contribution in [2.24, 2.45) is 0 Å². The van der Waals surface area contributed by atoms with Crippen LogP contribution >= 0.6 is 12.2 Å². The molecule has 0 unspecified atom stereocenters. The van der Waals surface area contributed by atoms with E-state index >= 15 is 0 Å². The molecule has 1 aromatic heterocycles. The highest BCUT2D eigenvalue weighted by Gasteiger charge is 2.16. The van der Waals surface area contributed by atoms with E-state index in [9.17, 15) is 18.5 Å². The summed E-state index contributed by atoms with van der Waals surface area (Å²) in [7, 11) is -3.84. The Hall–Kier alpha value is -4.42. The number of anilines is 3. The van der Waals surface area contributed by atoms with Gasteiger partial charge in [0.05, 0.1) is 15.4 Å². The smallest absolute Gasteiger partial charge is 0.277 e. The number of rotatable bonds is 7. The van der Waals surface area contributed by atoms with E-state index in [1.165, 1.54) is 30.6 Å². The van der Waals surface area contributed by atoms with Gasteiger partial charge in [0.25, 0.3) is 15.7 Å². The van der Waals surface area contributed by atoms with Gasteiger partial charge in [-0.05, 0) is 66.3 Å². The number of sulfonamides is 1. The number of nitrogens with one attached hydrogen (secondary N) is 3. The third-order valence-electron chi connectivity index (χ3n) is 4.77. The number of aromatic nitrogens is 2. The van der Waals surface area contributed by atoms with Crippen LogP contribution in [0.3, 0.4) is 0 Å². The topological polar surface area (TPSA) is 139 Å². The normalized spacial score (nSPS) is 10.9. The Morgan fingerprint density at radius 2 is 1.40 bits per heavy atom. The average Bonchev–Trinajstić information content (AvgIpc) is 2.85. The average molecular weight is 507 g/mol. The van der Waals surface area contributed by atoms with Crippen molar-refractivity contribution in [1.82, 2.24) is 9.97 Å². The van der Waals surface area contributed by atoms with E-state index in [2.05, 4.69) is 25.3 Å². The zero-order valence-electron chi connectivity index (χ0n) is 18.0. The molecule has 0 aliphatic heterocycles. The fourth-order valence-electron chi connectivity index (χ4n) is 3.15. The highest BCUT2D eigenvalue weighted by Crippen LogP contribution is 2.30. The summed E-state index contributed by atoms with van der Waals surface area (Å²) in [6.07, 6.45) is 2.87. The minimum atomic E-state index is -3.84. The highest BCUT2D eigenvalue weighted by molar-refractivity contribution is 7.92. The fourth-order valence-corrected chi connectivity index (χ4v) is 4.35. The van der Waals surface area contributed by atoms with Crippen LogP contribution in [0.5, 0.6) is 0 Å². The monoisotopic (exact) mass is 506 g/mol. The van der Waals surface area contributed by atoms with Crippen LogP contribution in [-0.4, -0.2) is 28.4 Å². The van der Waals surface area contributed by atoms with Gasteiger partial charge in [-0.25, -0.2) is 23.1 Å². The molecule has 4 rings (SSSR count). The molecule has 12 heteroatoms. The second-order valence-electron chi connectivity index (χ2n) is 7.13. The van der Waals surface area contributed by atoms with Gasteiger partial charge in [-0.15, -0.1) is 0 Å². The molecule has 0 bridgehead atoms. The Balaban J connectivity index is 1.39. The van der Waals surface area contributed by atoms with E-state index in [0.29, 0.717) is 22.5 Å². The zero-order chi connectivity index (χ0) is 24.8. The van der Waals surface area contributed by atoms with E-state index < -0.39 is 14.9 Å². The van der Waals surface area contributed by atoms with Crippen molar-refractivity contribution in [1.29, 1.82) is 0 Å². The molecule has 0 saturated heterocycles. The zero-order valence-corrected chi connectivity index (χ0v) is 19.6. The molecule has 4 aromatic rings. The molecule has 10 nitrogen and oxygen atoms in total. The van der Waals surface area contributed by atoms with Gasteiger partial charge in [-0.3, -0.25) is 10.1 Å². The summed E-state index contributed by atoms with van der Waals surface area (Å²) in [5.41, 5.74) is 2.51. The summed E-state index contributed by atoms with van der Waals surface area (Å²) in [5.74, 6) is -0.0204. The second-order valence-corrected chi connectivity index (χ2v) is 9.22. The maximum atomic E-state index is 12.5. The van der Waals surface area contributed by atoms with E-state index in [4.69, 9.17) is 12.2 Å². The van der Waals surface area contributed by atoms with Gasteiger partial charge in [0.2, 0.25) is 5.95 Å². The largest absolute Gasteiger partial charge is 0.332 e. The SMILES string of the molecule is O=[N+]([O-])c1ccccc1-c1ccc(NC(=S)Nc2ccc(S(=O)(=O)Nc3ncccn3)cc2)cc1. The Bertz CT molecular complexity index is 1460. The molecule has 0 radical (unpaired) electrons. The van der Waals surface area contributed by atoms with Gasteiger partial charge in [-0.2, -0.15) is 0 Å². The quantitative estimate of drug-likeness (QED) is 0.185. The maximum absolute atomic E-state index is 12.5. The number of nitrogens with zero attached hydrogens (tertiary/aromatic N) is 3. The van der Waals surface area contributed by atoms with Crippen LogP contribution in [-0.2, 0) is 10.0 Å². The molecule has 35 heavy (non-hydrogen) atoms. The van der Waals surface area contributed by atoms with Crippen LogP contribution < -0.4 is 15.4 Å². The maximum Gasteiger partial charge on any atom is 0.277 e. The lowest BCUT2D eigenvalue weighted by Gasteiger charge is -2.12. The van der Waals surface area contributed by atoms with Crippen LogP contribution in [0.15, 0.2) is 96.2 Å². The minimum Gasteiger partial charge on any atom is -0.332 e. The third kappa shape index (κ3) is 5.93. The third-order valence-corrected chi connectivity index (χ3v) is 6.32. The van der Waals surface area contributed by atoms with Crippen LogP contribution in [0.4, 0.5) is 23.0 Å². The van der Waals surface area contributed by atoms with Crippen molar-refractivity contribution in [3.8, 4) is 11.1 Å². The molecule has 0 aliphatic carbocycles. The molecule has 0 saturated carbocycles. The van der Waals surface area contributed by atoms with Crippen LogP contribution in [0, 0.1) is 10.1 Å². The van der Waals surface area contributed by atoms with Crippen LogP contribution in [0.2, 0.25) is 0 Å². The molecular formula is C23H18N6O4S2. The molecule has 176 valence electrons. The van der Waals surface area contributed by atoms with Crippen molar-refractivity contribution in [2.45, 2.75) is 4.90 Å². The first-order valence-electron chi connectivity index (χ1n) is 10.1. The lowest BCUT2D eigenvalue weighted by atomic mass is 10.0. The Labute approximate surface area is 206 Å². The molecule has 3 N–H and O–H groups in total. The van der Waals surface area contributed by atoms with Gasteiger partial charge in [0.15, 0.2) is 5.11 Å².